The Kier molecular flexibility index (Phi) is 8.00. The van der Waals surface area contributed by atoms with Gasteiger partial charge in [-0.05, 0) is 91.3 Å². The summed E-state index contributed by atoms with van der Waals surface area (Å²) in [6.45, 7) is 10.1. The average Bonchev–Trinajstić information content (AvgIpc) is 2.92. The molecule has 1 atom stereocenters. The van der Waals surface area contributed by atoms with Crippen LogP contribution in [0, 0.1) is 37.5 Å². The van der Waals surface area contributed by atoms with Crippen LogP contribution in [-0.2, 0) is 16.7 Å². The molecule has 0 radical (unpaired) electrons. The molecule has 3 aromatic carbocycles. The highest BCUT2D eigenvalue weighted by atomic mass is 32.2. The number of aryl methyl sites for hydroxylation is 3. The number of hydrogen-bond acceptors (Lipinski definition) is 5. The Morgan fingerprint density at radius 3 is 2.26 bits per heavy atom. The Hall–Kier alpha value is -3.96. The summed E-state index contributed by atoms with van der Waals surface area (Å²) in [5.74, 6) is 0.0923. The second-order valence-corrected chi connectivity index (χ2v) is 13.3. The lowest BCUT2D eigenvalue weighted by molar-refractivity contribution is -0.137. The first-order valence-electron chi connectivity index (χ1n) is 14.1. The minimum Gasteiger partial charge on any atom is -0.384 e. The lowest BCUT2D eigenvalue weighted by Gasteiger charge is -2.44. The van der Waals surface area contributed by atoms with Crippen molar-refractivity contribution in [3.8, 4) is 6.07 Å². The number of ketones is 1. The predicted octanol–water partition coefficient (Wildman–Crippen LogP) is 8.86. The van der Waals surface area contributed by atoms with E-state index in [9.17, 15) is 23.2 Å². The molecule has 2 aliphatic rings. The second-order valence-electron chi connectivity index (χ2n) is 12.3. The molecule has 0 saturated heterocycles. The molecule has 1 unspecified atom stereocenters. The van der Waals surface area contributed by atoms with Gasteiger partial charge >= 0.3 is 6.18 Å². The number of carbonyl (C=O) groups is 1. The first-order chi connectivity index (χ1) is 20.2. The second kappa shape index (κ2) is 11.3. The van der Waals surface area contributed by atoms with Gasteiger partial charge in [0, 0.05) is 34.0 Å². The summed E-state index contributed by atoms with van der Waals surface area (Å²) < 4.78 is 40.0. The summed E-state index contributed by atoms with van der Waals surface area (Å²) in [4.78, 5) is 16.7. The molecule has 8 heteroatoms. The SMILES string of the molecule is Cc1ccc(SCc2cc(C3C(C#N)=C(N)N(c4ccc(C(F)(F)F)cc4)C4=C3C(=O)CC(C)(C)C4)c(C)cc2C)cc1. The zero-order valence-corrected chi connectivity index (χ0v) is 25.7. The summed E-state index contributed by atoms with van der Waals surface area (Å²) >= 11 is 1.72. The van der Waals surface area contributed by atoms with E-state index in [-0.39, 0.29) is 17.2 Å². The molecular weight excluding hydrogens is 567 g/mol. The smallest absolute Gasteiger partial charge is 0.384 e. The topological polar surface area (TPSA) is 70.1 Å². The monoisotopic (exact) mass is 601 g/mol. The minimum absolute atomic E-state index is 0.0797. The molecule has 0 amide bonds. The molecule has 0 aromatic heterocycles. The molecule has 3 aromatic rings. The first kappa shape index (κ1) is 30.5. The first-order valence-corrected chi connectivity index (χ1v) is 15.1. The maximum absolute atomic E-state index is 13.9. The molecule has 43 heavy (non-hydrogen) atoms. The number of rotatable bonds is 5. The lowest BCUT2D eigenvalue weighted by Crippen LogP contribution is -2.42. The normalized spacial score (nSPS) is 18.5. The summed E-state index contributed by atoms with van der Waals surface area (Å²) in [7, 11) is 0. The van der Waals surface area contributed by atoms with E-state index >= 15 is 0 Å². The molecule has 5 rings (SSSR count). The van der Waals surface area contributed by atoms with E-state index in [4.69, 9.17) is 5.73 Å². The van der Waals surface area contributed by atoms with E-state index in [0.29, 0.717) is 35.6 Å². The Morgan fingerprint density at radius 1 is 1.00 bits per heavy atom. The number of halogens is 3. The average molecular weight is 602 g/mol. The van der Waals surface area contributed by atoms with Crippen LogP contribution in [0.2, 0.25) is 0 Å². The van der Waals surface area contributed by atoms with Crippen molar-refractivity contribution in [2.24, 2.45) is 11.1 Å². The van der Waals surface area contributed by atoms with E-state index < -0.39 is 23.1 Å². The molecular formula is C35H34F3N3OS. The number of anilines is 1. The highest BCUT2D eigenvalue weighted by Gasteiger charge is 2.45. The van der Waals surface area contributed by atoms with E-state index in [0.717, 1.165) is 39.3 Å². The summed E-state index contributed by atoms with van der Waals surface area (Å²) in [6.07, 6.45) is -3.72. The zero-order chi connectivity index (χ0) is 31.3. The molecule has 2 N–H and O–H groups in total. The summed E-state index contributed by atoms with van der Waals surface area (Å²) in [5.41, 5.74) is 12.5. The number of alkyl halides is 3. The Labute approximate surface area is 255 Å². The number of hydrogen-bond donors (Lipinski definition) is 1. The largest absolute Gasteiger partial charge is 0.416 e. The third kappa shape index (κ3) is 5.96. The van der Waals surface area contributed by atoms with Gasteiger partial charge in [0.1, 0.15) is 5.82 Å². The fourth-order valence-corrected chi connectivity index (χ4v) is 7.05. The van der Waals surface area contributed by atoms with Crippen molar-refractivity contribution < 1.29 is 18.0 Å². The molecule has 4 nitrogen and oxygen atoms in total. The summed E-state index contributed by atoms with van der Waals surface area (Å²) in [6, 6.07) is 19.5. The van der Waals surface area contributed by atoms with Crippen molar-refractivity contribution in [3.05, 3.63) is 117 Å². The van der Waals surface area contributed by atoms with Crippen LogP contribution in [0.5, 0.6) is 0 Å². The van der Waals surface area contributed by atoms with Gasteiger partial charge < -0.3 is 5.73 Å². The zero-order valence-electron chi connectivity index (χ0n) is 24.9. The molecule has 222 valence electrons. The number of nitrogens with zero attached hydrogens (tertiary/aromatic N) is 2. The highest BCUT2D eigenvalue weighted by Crippen LogP contribution is 2.51. The Bertz CT molecular complexity index is 1690. The minimum atomic E-state index is -4.49. The number of benzene rings is 3. The van der Waals surface area contributed by atoms with E-state index in [1.165, 1.54) is 17.7 Å². The van der Waals surface area contributed by atoms with Gasteiger partial charge in [-0.25, -0.2) is 0 Å². The van der Waals surface area contributed by atoms with Crippen LogP contribution in [0.25, 0.3) is 0 Å². The maximum atomic E-state index is 13.9. The van der Waals surface area contributed by atoms with Gasteiger partial charge in [-0.2, -0.15) is 18.4 Å². The molecule has 0 spiro atoms. The number of thioether (sulfide) groups is 1. The lowest BCUT2D eigenvalue weighted by atomic mass is 9.68. The van der Waals surface area contributed by atoms with Gasteiger partial charge in [-0.1, -0.05) is 43.7 Å². The van der Waals surface area contributed by atoms with Gasteiger partial charge in [0.25, 0.3) is 0 Å². The van der Waals surface area contributed by atoms with Crippen LogP contribution in [-0.4, -0.2) is 5.78 Å². The van der Waals surface area contributed by atoms with Crippen LogP contribution in [0.4, 0.5) is 18.9 Å². The van der Waals surface area contributed by atoms with Gasteiger partial charge in [0.15, 0.2) is 5.78 Å². The molecule has 0 fully saturated rings. The highest BCUT2D eigenvalue weighted by molar-refractivity contribution is 7.98. The molecule has 0 saturated carbocycles. The van der Waals surface area contributed by atoms with Crippen molar-refractivity contribution in [1.29, 1.82) is 5.26 Å². The third-order valence-corrected chi connectivity index (χ3v) is 9.35. The molecule has 1 aliphatic carbocycles. The van der Waals surface area contributed by atoms with Crippen molar-refractivity contribution in [2.45, 2.75) is 70.2 Å². The third-order valence-electron chi connectivity index (χ3n) is 8.28. The number of nitrogens with two attached hydrogens (primary N) is 1. The fourth-order valence-electron chi connectivity index (χ4n) is 6.09. The van der Waals surface area contributed by atoms with Crippen LogP contribution >= 0.6 is 11.8 Å². The van der Waals surface area contributed by atoms with Crippen molar-refractivity contribution in [2.75, 3.05) is 4.90 Å². The van der Waals surface area contributed by atoms with Gasteiger partial charge in [-0.15, -0.1) is 11.8 Å². The molecule has 0 bridgehead atoms. The number of carbonyl (C=O) groups excluding carboxylic acids is 1. The van der Waals surface area contributed by atoms with Crippen LogP contribution in [0.1, 0.15) is 66.0 Å². The van der Waals surface area contributed by atoms with E-state index in [1.807, 2.05) is 20.8 Å². The summed E-state index contributed by atoms with van der Waals surface area (Å²) in [5, 5.41) is 10.5. The number of allylic oxidation sites excluding steroid dienone is 3. The molecule has 1 aliphatic heterocycles. The van der Waals surface area contributed by atoms with Crippen molar-refractivity contribution in [1.82, 2.24) is 0 Å². The van der Waals surface area contributed by atoms with Crippen LogP contribution in [0.3, 0.4) is 0 Å². The number of Topliss-reactive ketones (excluding diaryl/α,β-unsaturated/α-hetero) is 1. The standard InChI is InChI=1S/C35H34F3N3OS/c1-20-6-12-26(13-7-20)43-19-23-15-27(22(3)14-21(23)2)31-28(18-39)33(40)41(25-10-8-24(9-11-25)35(36,37)38)29-16-34(4,5)17-30(42)32(29)31/h6-15,31H,16-17,19,40H2,1-5H3. The molecule has 1 heterocycles. The maximum Gasteiger partial charge on any atom is 0.416 e. The quantitative estimate of drug-likeness (QED) is 0.296. The van der Waals surface area contributed by atoms with Crippen molar-refractivity contribution >= 4 is 23.2 Å². The van der Waals surface area contributed by atoms with Crippen molar-refractivity contribution in [3.63, 3.8) is 0 Å². The van der Waals surface area contributed by atoms with Gasteiger partial charge in [0.2, 0.25) is 0 Å². The van der Waals surface area contributed by atoms with E-state index in [1.54, 1.807) is 16.7 Å². The predicted molar refractivity (Wildman–Crippen MR) is 165 cm³/mol. The Balaban J connectivity index is 1.64. The Morgan fingerprint density at radius 2 is 1.65 bits per heavy atom. The fraction of sp³-hybridized carbons (Fsp3) is 0.314. The number of nitriles is 1. The van der Waals surface area contributed by atoms with Gasteiger partial charge in [-0.3, -0.25) is 9.69 Å². The van der Waals surface area contributed by atoms with E-state index in [2.05, 4.69) is 56.3 Å². The van der Waals surface area contributed by atoms with Crippen LogP contribution in [0.15, 0.2) is 88.2 Å². The van der Waals surface area contributed by atoms with Crippen LogP contribution < -0.4 is 10.6 Å². The van der Waals surface area contributed by atoms with Gasteiger partial charge in [0.05, 0.1) is 23.1 Å².